The molecule has 1 amide bonds. The van der Waals surface area contributed by atoms with Crippen LogP contribution >= 0.6 is 0 Å². The molecular weight excluding hydrogens is 196 g/mol. The highest BCUT2D eigenvalue weighted by Crippen LogP contribution is 2.34. The Morgan fingerprint density at radius 1 is 1.27 bits per heavy atom. The van der Waals surface area contributed by atoms with E-state index in [0.29, 0.717) is 5.69 Å². The van der Waals surface area contributed by atoms with Crippen molar-refractivity contribution in [1.82, 2.24) is 0 Å². The summed E-state index contributed by atoms with van der Waals surface area (Å²) in [5.74, 6) is -1.52. The lowest BCUT2D eigenvalue weighted by Gasteiger charge is -2.19. The van der Waals surface area contributed by atoms with Gasteiger partial charge in [0.25, 0.3) is 5.91 Å². The Labute approximate surface area is 84.7 Å². The van der Waals surface area contributed by atoms with Crippen molar-refractivity contribution in [3.8, 4) is 0 Å². The molecule has 1 aromatic rings. The largest absolute Gasteiger partial charge is 0.348 e. The van der Waals surface area contributed by atoms with E-state index >= 15 is 0 Å². The second-order valence-corrected chi connectivity index (χ2v) is 3.36. The molecule has 1 unspecified atom stereocenters. The van der Waals surface area contributed by atoms with Gasteiger partial charge in [0.1, 0.15) is 5.92 Å². The van der Waals surface area contributed by atoms with Crippen molar-refractivity contribution in [3.63, 3.8) is 0 Å². The van der Waals surface area contributed by atoms with Gasteiger partial charge in [-0.3, -0.25) is 4.79 Å². The van der Waals surface area contributed by atoms with Gasteiger partial charge >= 0.3 is 5.97 Å². The van der Waals surface area contributed by atoms with Crippen molar-refractivity contribution in [2.24, 2.45) is 5.16 Å². The van der Waals surface area contributed by atoms with E-state index in [9.17, 15) is 9.59 Å². The van der Waals surface area contributed by atoms with Crippen LogP contribution in [0.4, 0.5) is 5.69 Å². The van der Waals surface area contributed by atoms with Crippen molar-refractivity contribution in [1.29, 1.82) is 0 Å². The number of anilines is 1. The third kappa shape index (κ3) is 0.999. The molecule has 2 heterocycles. The van der Waals surface area contributed by atoms with Crippen LogP contribution in [0.25, 0.3) is 0 Å². The van der Waals surface area contributed by atoms with Gasteiger partial charge in [-0.2, -0.15) is 0 Å². The van der Waals surface area contributed by atoms with E-state index in [1.165, 1.54) is 0 Å². The highest BCUT2D eigenvalue weighted by Gasteiger charge is 2.42. The molecule has 2 aliphatic heterocycles. The molecule has 0 saturated carbocycles. The molecule has 0 radical (unpaired) electrons. The van der Waals surface area contributed by atoms with E-state index in [1.54, 1.807) is 24.3 Å². The zero-order chi connectivity index (χ0) is 10.4. The molecule has 0 fully saturated rings. The van der Waals surface area contributed by atoms with Crippen molar-refractivity contribution >= 4 is 23.3 Å². The number of fused-ring (bicyclic) bond motifs is 3. The summed E-state index contributed by atoms with van der Waals surface area (Å²) in [4.78, 5) is 27.4. The third-order valence-electron chi connectivity index (χ3n) is 2.50. The summed E-state index contributed by atoms with van der Waals surface area (Å²) in [6, 6.07) is 7.12. The molecule has 0 saturated heterocycles. The Morgan fingerprint density at radius 3 is 2.93 bits per heavy atom. The van der Waals surface area contributed by atoms with E-state index < -0.39 is 11.9 Å². The number of nitrogens with one attached hydrogen (secondary N) is 1. The lowest BCUT2D eigenvalue weighted by Crippen LogP contribution is -2.34. The van der Waals surface area contributed by atoms with Crippen molar-refractivity contribution in [2.45, 2.75) is 5.92 Å². The summed E-state index contributed by atoms with van der Waals surface area (Å²) in [6.45, 7) is 0. The topological polar surface area (TPSA) is 67.8 Å². The summed E-state index contributed by atoms with van der Waals surface area (Å²) < 4.78 is 0. The van der Waals surface area contributed by atoms with Gasteiger partial charge in [0.05, 0.1) is 0 Å². The molecular formula is C10H6N2O3. The molecule has 0 aliphatic carbocycles. The fourth-order valence-corrected chi connectivity index (χ4v) is 1.81. The first-order valence-electron chi connectivity index (χ1n) is 4.46. The minimum atomic E-state index is -0.657. The number of rotatable bonds is 0. The average molecular weight is 202 g/mol. The number of amides is 1. The first-order chi connectivity index (χ1) is 7.27. The van der Waals surface area contributed by atoms with Gasteiger partial charge in [-0.25, -0.2) is 4.79 Å². The monoisotopic (exact) mass is 202 g/mol. The number of carbonyl (C=O) groups is 2. The van der Waals surface area contributed by atoms with Crippen LogP contribution in [0.2, 0.25) is 0 Å². The summed E-state index contributed by atoms with van der Waals surface area (Å²) in [7, 11) is 0. The van der Waals surface area contributed by atoms with Crippen molar-refractivity contribution in [3.05, 3.63) is 29.8 Å². The highest BCUT2D eigenvalue weighted by atomic mass is 16.7. The first kappa shape index (κ1) is 8.16. The van der Waals surface area contributed by atoms with Crippen LogP contribution < -0.4 is 5.32 Å². The minimum absolute atomic E-state index is 0.138. The second kappa shape index (κ2) is 2.66. The Hall–Kier alpha value is -2.17. The predicted octanol–water partition coefficient (Wildman–Crippen LogP) is 0.635. The SMILES string of the molecule is O=C1Nc2ccccc2C2C(=O)ON=C12. The number of hydrogen-bond acceptors (Lipinski definition) is 4. The lowest BCUT2D eigenvalue weighted by atomic mass is 9.89. The van der Waals surface area contributed by atoms with Crippen LogP contribution in [0, 0.1) is 0 Å². The number of para-hydroxylation sites is 1. The molecule has 1 N–H and O–H groups in total. The quantitative estimate of drug-likeness (QED) is 0.627. The van der Waals surface area contributed by atoms with E-state index in [0.717, 1.165) is 5.56 Å². The van der Waals surface area contributed by atoms with Gasteiger partial charge in [0.15, 0.2) is 5.71 Å². The Kier molecular flexibility index (Phi) is 1.45. The Balaban J connectivity index is 2.22. The molecule has 2 aliphatic rings. The van der Waals surface area contributed by atoms with Crippen LogP contribution in [0.15, 0.2) is 29.4 Å². The maximum absolute atomic E-state index is 11.5. The van der Waals surface area contributed by atoms with Gasteiger partial charge in [-0.05, 0) is 11.6 Å². The molecule has 5 heteroatoms. The molecule has 74 valence electrons. The molecule has 0 spiro atoms. The van der Waals surface area contributed by atoms with Crippen molar-refractivity contribution < 1.29 is 14.4 Å². The zero-order valence-corrected chi connectivity index (χ0v) is 7.56. The number of hydrogen-bond donors (Lipinski definition) is 1. The molecule has 3 rings (SSSR count). The van der Waals surface area contributed by atoms with Gasteiger partial charge in [0.2, 0.25) is 0 Å². The lowest BCUT2D eigenvalue weighted by molar-refractivity contribution is -0.141. The molecule has 5 nitrogen and oxygen atoms in total. The number of oxime groups is 1. The zero-order valence-electron chi connectivity index (χ0n) is 7.56. The van der Waals surface area contributed by atoms with Gasteiger partial charge in [-0.15, -0.1) is 0 Å². The van der Waals surface area contributed by atoms with Crippen LogP contribution in [-0.4, -0.2) is 17.6 Å². The van der Waals surface area contributed by atoms with Crippen LogP contribution in [0.1, 0.15) is 11.5 Å². The summed E-state index contributed by atoms with van der Waals surface area (Å²) in [6.07, 6.45) is 0. The van der Waals surface area contributed by atoms with Crippen molar-refractivity contribution in [2.75, 3.05) is 5.32 Å². The summed E-state index contributed by atoms with van der Waals surface area (Å²) in [5.41, 5.74) is 1.52. The van der Waals surface area contributed by atoms with Gasteiger partial charge in [-0.1, -0.05) is 23.4 Å². The summed E-state index contributed by atoms with van der Waals surface area (Å²) >= 11 is 0. The number of benzene rings is 1. The first-order valence-corrected chi connectivity index (χ1v) is 4.46. The van der Waals surface area contributed by atoms with Gasteiger partial charge < -0.3 is 10.2 Å². The van der Waals surface area contributed by atoms with E-state index in [4.69, 9.17) is 0 Å². The molecule has 0 bridgehead atoms. The van der Waals surface area contributed by atoms with E-state index in [-0.39, 0.29) is 11.6 Å². The molecule has 1 aromatic carbocycles. The maximum Gasteiger partial charge on any atom is 0.348 e. The number of nitrogens with zero attached hydrogens (tertiary/aromatic N) is 1. The Bertz CT molecular complexity index is 507. The Morgan fingerprint density at radius 2 is 2.07 bits per heavy atom. The van der Waals surface area contributed by atoms with E-state index in [1.807, 2.05) is 0 Å². The predicted molar refractivity (Wildman–Crippen MR) is 51.3 cm³/mol. The molecule has 1 atom stereocenters. The third-order valence-corrected chi connectivity index (χ3v) is 2.50. The summed E-state index contributed by atoms with van der Waals surface area (Å²) in [5, 5.41) is 6.12. The second-order valence-electron chi connectivity index (χ2n) is 3.36. The van der Waals surface area contributed by atoms with Crippen LogP contribution in [-0.2, 0) is 14.4 Å². The fourth-order valence-electron chi connectivity index (χ4n) is 1.81. The highest BCUT2D eigenvalue weighted by molar-refractivity contribution is 6.50. The molecule has 15 heavy (non-hydrogen) atoms. The average Bonchev–Trinajstić information content (AvgIpc) is 2.62. The smallest absolute Gasteiger partial charge is 0.321 e. The van der Waals surface area contributed by atoms with E-state index in [2.05, 4.69) is 15.3 Å². The standard InChI is InChI=1S/C10H6N2O3/c13-9-8-7(10(14)15-12-8)5-3-1-2-4-6(5)11-9/h1-4,7H,(H,11,13). The molecule has 0 aromatic heterocycles. The maximum atomic E-state index is 11.5. The normalized spacial score (nSPS) is 22.4. The van der Waals surface area contributed by atoms with Crippen LogP contribution in [0.3, 0.4) is 0 Å². The van der Waals surface area contributed by atoms with Gasteiger partial charge in [0, 0.05) is 5.69 Å². The number of carbonyl (C=O) groups excluding carboxylic acids is 2. The fraction of sp³-hybridized carbons (Fsp3) is 0.100. The minimum Gasteiger partial charge on any atom is -0.321 e. The van der Waals surface area contributed by atoms with Crippen LogP contribution in [0.5, 0.6) is 0 Å².